The van der Waals surface area contributed by atoms with Crippen molar-refractivity contribution in [2.75, 3.05) is 20.8 Å². The number of hydrogen-bond donors (Lipinski definition) is 0. The van der Waals surface area contributed by atoms with E-state index in [0.717, 1.165) is 10.2 Å². The minimum atomic E-state index is -0.705. The first-order valence-electron chi connectivity index (χ1n) is 8.89. The highest BCUT2D eigenvalue weighted by atomic mass is 32.1. The zero-order valence-electron chi connectivity index (χ0n) is 15.9. The third kappa shape index (κ3) is 3.72. The molecule has 8 heteroatoms. The van der Waals surface area contributed by atoms with Crippen LogP contribution < -0.4 is 15.2 Å². The number of amides is 1. The van der Waals surface area contributed by atoms with Gasteiger partial charge in [-0.15, -0.1) is 0 Å². The topological polar surface area (TPSA) is 83.0 Å². The van der Waals surface area contributed by atoms with Gasteiger partial charge >= 0.3 is 5.63 Å². The molecule has 0 spiro atoms. The Hall–Kier alpha value is -3.23. The van der Waals surface area contributed by atoms with Crippen LogP contribution in [0.2, 0.25) is 0 Å². The lowest BCUT2D eigenvalue weighted by Crippen LogP contribution is -2.21. The molecule has 4 rings (SSSR count). The lowest BCUT2D eigenvalue weighted by molar-refractivity contribution is 0.0994. The van der Waals surface area contributed by atoms with Gasteiger partial charge in [-0.05, 0) is 30.3 Å². The van der Waals surface area contributed by atoms with Crippen LogP contribution in [0.4, 0.5) is 0 Å². The average Bonchev–Trinajstić information content (AvgIpc) is 3.07. The van der Waals surface area contributed by atoms with Gasteiger partial charge in [0.15, 0.2) is 4.80 Å². The summed E-state index contributed by atoms with van der Waals surface area (Å²) in [6.07, 6.45) is 0. The summed E-state index contributed by atoms with van der Waals surface area (Å²) >= 11 is 1.34. The van der Waals surface area contributed by atoms with Gasteiger partial charge in [-0.1, -0.05) is 29.5 Å². The van der Waals surface area contributed by atoms with Crippen molar-refractivity contribution in [3.63, 3.8) is 0 Å². The predicted molar refractivity (Wildman–Crippen MR) is 111 cm³/mol. The number of carbonyl (C=O) groups is 1. The Kier molecular flexibility index (Phi) is 5.28. The summed E-state index contributed by atoms with van der Waals surface area (Å²) in [5, 5.41) is 0.666. The molecule has 0 bridgehead atoms. The minimum Gasteiger partial charge on any atom is -0.497 e. The lowest BCUT2D eigenvalue weighted by Gasteiger charge is -2.05. The third-order valence-electron chi connectivity index (χ3n) is 4.48. The van der Waals surface area contributed by atoms with Crippen LogP contribution >= 0.6 is 11.3 Å². The van der Waals surface area contributed by atoms with Crippen molar-refractivity contribution in [3.05, 3.63) is 69.3 Å². The highest BCUT2D eigenvalue weighted by Gasteiger charge is 2.15. The van der Waals surface area contributed by atoms with E-state index in [2.05, 4.69) is 4.99 Å². The Bertz CT molecular complexity index is 1330. The van der Waals surface area contributed by atoms with E-state index >= 15 is 0 Å². The molecule has 0 aliphatic carbocycles. The normalized spacial score (nSPS) is 12.0. The van der Waals surface area contributed by atoms with Crippen LogP contribution in [0.15, 0.2) is 62.7 Å². The number of methoxy groups -OCH3 is 2. The molecule has 0 unspecified atom stereocenters. The number of benzene rings is 2. The summed E-state index contributed by atoms with van der Waals surface area (Å²) in [7, 11) is 3.21. The Labute approximate surface area is 169 Å². The number of nitrogens with zero attached hydrogens (tertiary/aromatic N) is 2. The molecule has 0 saturated heterocycles. The van der Waals surface area contributed by atoms with Gasteiger partial charge in [0, 0.05) is 19.0 Å². The molecule has 7 nitrogen and oxygen atoms in total. The zero-order chi connectivity index (χ0) is 20.4. The van der Waals surface area contributed by atoms with Crippen LogP contribution in [0, 0.1) is 0 Å². The second kappa shape index (κ2) is 8.02. The average molecular weight is 410 g/mol. The van der Waals surface area contributed by atoms with Crippen molar-refractivity contribution in [1.82, 2.24) is 4.57 Å². The van der Waals surface area contributed by atoms with E-state index < -0.39 is 11.5 Å². The van der Waals surface area contributed by atoms with E-state index in [4.69, 9.17) is 13.9 Å². The molecule has 0 aliphatic rings. The van der Waals surface area contributed by atoms with Gasteiger partial charge in [-0.2, -0.15) is 4.99 Å². The van der Waals surface area contributed by atoms with Crippen LogP contribution in [-0.2, 0) is 11.3 Å². The van der Waals surface area contributed by atoms with E-state index in [1.807, 2.05) is 28.8 Å². The predicted octanol–water partition coefficient (Wildman–Crippen LogP) is 3.21. The minimum absolute atomic E-state index is 0.1000. The van der Waals surface area contributed by atoms with Gasteiger partial charge in [0.1, 0.15) is 16.9 Å². The molecule has 29 heavy (non-hydrogen) atoms. The smallest absolute Gasteiger partial charge is 0.349 e. The van der Waals surface area contributed by atoms with Gasteiger partial charge in [0.05, 0.1) is 23.9 Å². The van der Waals surface area contributed by atoms with Crippen LogP contribution in [0.5, 0.6) is 5.75 Å². The molecule has 0 fully saturated rings. The Balaban J connectivity index is 1.85. The van der Waals surface area contributed by atoms with E-state index in [-0.39, 0.29) is 5.56 Å². The van der Waals surface area contributed by atoms with E-state index in [0.29, 0.717) is 34.7 Å². The van der Waals surface area contributed by atoms with Crippen molar-refractivity contribution >= 4 is 38.4 Å². The highest BCUT2D eigenvalue weighted by Crippen LogP contribution is 2.23. The van der Waals surface area contributed by atoms with Gasteiger partial charge in [0.25, 0.3) is 5.91 Å². The molecule has 2 aromatic carbocycles. The Morgan fingerprint density at radius 2 is 2.00 bits per heavy atom. The molecule has 4 aromatic rings. The second-order valence-corrected chi connectivity index (χ2v) is 7.27. The van der Waals surface area contributed by atoms with E-state index in [9.17, 15) is 9.59 Å². The lowest BCUT2D eigenvalue weighted by atomic mass is 10.2. The van der Waals surface area contributed by atoms with Gasteiger partial charge < -0.3 is 18.5 Å². The maximum absolute atomic E-state index is 12.8. The molecular formula is C21H18N2O5S. The Morgan fingerprint density at radius 3 is 2.79 bits per heavy atom. The fourth-order valence-corrected chi connectivity index (χ4v) is 4.11. The largest absolute Gasteiger partial charge is 0.497 e. The number of thiazole rings is 1. The SMILES string of the molecule is COCCn1c(=NC(=O)c2cc3ccccc3oc2=O)sc2cc(OC)ccc21. The molecule has 0 aliphatic heterocycles. The first-order chi connectivity index (χ1) is 14.1. The Morgan fingerprint density at radius 1 is 1.17 bits per heavy atom. The van der Waals surface area contributed by atoms with E-state index in [1.165, 1.54) is 17.4 Å². The van der Waals surface area contributed by atoms with E-state index in [1.54, 1.807) is 32.4 Å². The molecule has 0 atom stereocenters. The molecular weight excluding hydrogens is 392 g/mol. The van der Waals surface area contributed by atoms with Crippen molar-refractivity contribution in [3.8, 4) is 5.75 Å². The van der Waals surface area contributed by atoms with Crippen LogP contribution in [-0.4, -0.2) is 31.3 Å². The highest BCUT2D eigenvalue weighted by molar-refractivity contribution is 7.16. The summed E-state index contributed by atoms with van der Waals surface area (Å²) in [4.78, 5) is 29.8. The number of rotatable bonds is 5. The van der Waals surface area contributed by atoms with Crippen molar-refractivity contribution in [1.29, 1.82) is 0 Å². The standard InChI is InChI=1S/C21H18N2O5S/c1-26-10-9-23-16-8-7-14(27-2)12-18(16)29-21(23)22-19(24)15-11-13-5-3-4-6-17(13)28-20(15)25/h3-8,11-12H,9-10H2,1-2H3. The fourth-order valence-electron chi connectivity index (χ4n) is 3.02. The first-order valence-corrected chi connectivity index (χ1v) is 9.70. The number of fused-ring (bicyclic) bond motifs is 2. The fraction of sp³-hybridized carbons (Fsp3) is 0.190. The number of carbonyl (C=O) groups excluding carboxylic acids is 1. The van der Waals surface area contributed by atoms with Crippen molar-refractivity contribution in [2.45, 2.75) is 6.54 Å². The zero-order valence-corrected chi connectivity index (χ0v) is 16.7. The van der Waals surface area contributed by atoms with Crippen molar-refractivity contribution in [2.24, 2.45) is 4.99 Å². The maximum atomic E-state index is 12.8. The van der Waals surface area contributed by atoms with Crippen LogP contribution in [0.3, 0.4) is 0 Å². The molecule has 0 saturated carbocycles. The van der Waals surface area contributed by atoms with Gasteiger partial charge in [-0.3, -0.25) is 4.79 Å². The summed E-state index contributed by atoms with van der Waals surface area (Å²) < 4.78 is 18.5. The molecule has 2 heterocycles. The van der Waals surface area contributed by atoms with Crippen molar-refractivity contribution < 1.29 is 18.7 Å². The molecule has 148 valence electrons. The number of aromatic nitrogens is 1. The molecule has 1 amide bonds. The van der Waals surface area contributed by atoms with Gasteiger partial charge in [-0.25, -0.2) is 4.79 Å². The summed E-state index contributed by atoms with van der Waals surface area (Å²) in [5.74, 6) is 0.0693. The first kappa shape index (κ1) is 19.1. The summed E-state index contributed by atoms with van der Waals surface area (Å²) in [6.45, 7) is 0.971. The summed E-state index contributed by atoms with van der Waals surface area (Å²) in [6, 6.07) is 14.2. The molecule has 0 radical (unpaired) electrons. The molecule has 0 N–H and O–H groups in total. The molecule has 2 aromatic heterocycles. The third-order valence-corrected chi connectivity index (χ3v) is 5.52. The number of hydrogen-bond acceptors (Lipinski definition) is 6. The monoisotopic (exact) mass is 410 g/mol. The van der Waals surface area contributed by atoms with Crippen LogP contribution in [0.25, 0.3) is 21.2 Å². The number of para-hydroxylation sites is 1. The maximum Gasteiger partial charge on any atom is 0.349 e. The number of ether oxygens (including phenoxy) is 2. The second-order valence-electron chi connectivity index (χ2n) is 6.27. The van der Waals surface area contributed by atoms with Gasteiger partial charge in [0.2, 0.25) is 0 Å². The quantitative estimate of drug-likeness (QED) is 0.472. The van der Waals surface area contributed by atoms with Crippen LogP contribution in [0.1, 0.15) is 10.4 Å². The summed E-state index contributed by atoms with van der Waals surface area (Å²) in [5.41, 5.74) is 0.531.